The van der Waals surface area contributed by atoms with E-state index in [9.17, 15) is 20.1 Å². The summed E-state index contributed by atoms with van der Waals surface area (Å²) < 4.78 is 5.40. The maximum atomic E-state index is 11.7. The molecule has 0 saturated carbocycles. The maximum absolute atomic E-state index is 11.7. The Kier molecular flexibility index (Phi) is 5.68. The zero-order chi connectivity index (χ0) is 16.1. The second kappa shape index (κ2) is 7.51. The van der Waals surface area contributed by atoms with Crippen molar-refractivity contribution in [3.05, 3.63) is 42.0 Å². The molecule has 6 nitrogen and oxygen atoms in total. The number of carbonyl (C=O) groups is 1. The zero-order valence-electron chi connectivity index (χ0n) is 12.3. The summed E-state index contributed by atoms with van der Waals surface area (Å²) in [5.41, 5.74) is 0.902. The van der Waals surface area contributed by atoms with Crippen molar-refractivity contribution in [2.45, 2.75) is 37.4 Å². The van der Waals surface area contributed by atoms with Gasteiger partial charge in [0.25, 0.3) is 0 Å². The van der Waals surface area contributed by atoms with Crippen LogP contribution in [0.2, 0.25) is 0 Å². The van der Waals surface area contributed by atoms with Gasteiger partial charge in [-0.2, -0.15) is 0 Å². The van der Waals surface area contributed by atoms with Crippen molar-refractivity contribution < 1.29 is 24.9 Å². The van der Waals surface area contributed by atoms with Gasteiger partial charge in [0.15, 0.2) is 0 Å². The number of carbonyl (C=O) groups excluding carboxylic acids is 1. The van der Waals surface area contributed by atoms with Gasteiger partial charge in [0.1, 0.15) is 24.4 Å². The molecule has 1 fully saturated rings. The topological polar surface area (TPSA) is 99.0 Å². The number of hydrogen-bond donors (Lipinski definition) is 4. The summed E-state index contributed by atoms with van der Waals surface area (Å²) in [5, 5.41) is 31.7. The fraction of sp³-hybridized carbons (Fsp3) is 0.438. The first-order valence-electron chi connectivity index (χ1n) is 7.19. The van der Waals surface area contributed by atoms with Crippen LogP contribution in [0.5, 0.6) is 0 Å². The van der Waals surface area contributed by atoms with Crippen LogP contribution in [-0.2, 0) is 9.53 Å². The van der Waals surface area contributed by atoms with Gasteiger partial charge in [-0.05, 0) is 18.6 Å². The second-order valence-corrected chi connectivity index (χ2v) is 5.34. The molecule has 4 N–H and O–H groups in total. The molecule has 1 amide bonds. The van der Waals surface area contributed by atoms with E-state index >= 15 is 0 Å². The Morgan fingerprint density at radius 1 is 1.18 bits per heavy atom. The van der Waals surface area contributed by atoms with E-state index in [1.165, 1.54) is 6.08 Å². The molecule has 5 unspecified atom stereocenters. The van der Waals surface area contributed by atoms with Crippen molar-refractivity contribution in [3.8, 4) is 0 Å². The average molecular weight is 307 g/mol. The van der Waals surface area contributed by atoms with E-state index in [1.807, 2.05) is 30.3 Å². The van der Waals surface area contributed by atoms with Gasteiger partial charge in [-0.25, -0.2) is 0 Å². The fourth-order valence-electron chi connectivity index (χ4n) is 2.30. The Morgan fingerprint density at radius 3 is 2.55 bits per heavy atom. The highest BCUT2D eigenvalue weighted by molar-refractivity contribution is 5.91. The highest BCUT2D eigenvalue weighted by atomic mass is 16.5. The van der Waals surface area contributed by atoms with Crippen molar-refractivity contribution in [2.24, 2.45) is 0 Å². The molecule has 1 aliphatic heterocycles. The third kappa shape index (κ3) is 4.14. The number of aliphatic hydroxyl groups is 3. The van der Waals surface area contributed by atoms with Crippen LogP contribution in [-0.4, -0.2) is 58.3 Å². The predicted molar refractivity (Wildman–Crippen MR) is 80.8 cm³/mol. The summed E-state index contributed by atoms with van der Waals surface area (Å²) >= 11 is 0. The largest absolute Gasteiger partial charge is 0.388 e. The monoisotopic (exact) mass is 307 g/mol. The van der Waals surface area contributed by atoms with Crippen LogP contribution < -0.4 is 5.32 Å². The number of benzene rings is 1. The quantitative estimate of drug-likeness (QED) is 0.572. The van der Waals surface area contributed by atoms with Crippen molar-refractivity contribution >= 4 is 12.0 Å². The Morgan fingerprint density at radius 2 is 1.86 bits per heavy atom. The van der Waals surface area contributed by atoms with Gasteiger partial charge in [0, 0.05) is 12.6 Å². The number of ether oxygens (including phenoxy) is 1. The molecule has 1 aromatic rings. The lowest BCUT2D eigenvalue weighted by atomic mass is 9.95. The van der Waals surface area contributed by atoms with Gasteiger partial charge in [0.2, 0.25) is 5.91 Å². The molecule has 0 aliphatic carbocycles. The molecule has 1 saturated heterocycles. The molecule has 5 atom stereocenters. The smallest absolute Gasteiger partial charge is 0.244 e. The molecule has 0 aromatic heterocycles. The first kappa shape index (κ1) is 16.6. The van der Waals surface area contributed by atoms with E-state index in [4.69, 9.17) is 4.74 Å². The Bertz CT molecular complexity index is 519. The summed E-state index contributed by atoms with van der Waals surface area (Å²) in [7, 11) is 0. The SMILES string of the molecule is CC1OC(CNC(=O)C=Cc2ccccc2)C(O)C(O)C1O. The van der Waals surface area contributed by atoms with E-state index in [0.717, 1.165) is 5.56 Å². The molecular weight excluding hydrogens is 286 g/mol. The van der Waals surface area contributed by atoms with Crippen LogP contribution in [0.4, 0.5) is 0 Å². The third-order valence-corrected chi connectivity index (χ3v) is 3.66. The van der Waals surface area contributed by atoms with E-state index in [0.29, 0.717) is 0 Å². The van der Waals surface area contributed by atoms with Crippen molar-refractivity contribution in [2.75, 3.05) is 6.54 Å². The molecule has 1 heterocycles. The number of amides is 1. The number of aliphatic hydroxyl groups excluding tert-OH is 3. The van der Waals surface area contributed by atoms with Crippen molar-refractivity contribution in [3.63, 3.8) is 0 Å². The first-order valence-corrected chi connectivity index (χ1v) is 7.19. The number of rotatable bonds is 4. The van der Waals surface area contributed by atoms with Gasteiger partial charge < -0.3 is 25.4 Å². The van der Waals surface area contributed by atoms with Crippen LogP contribution in [0.3, 0.4) is 0 Å². The van der Waals surface area contributed by atoms with Gasteiger partial charge in [-0.15, -0.1) is 0 Å². The molecule has 2 rings (SSSR count). The lowest BCUT2D eigenvalue weighted by Gasteiger charge is -2.39. The Balaban J connectivity index is 1.84. The van der Waals surface area contributed by atoms with Gasteiger partial charge in [-0.1, -0.05) is 30.3 Å². The minimum atomic E-state index is -1.29. The molecule has 1 aliphatic rings. The molecule has 1 aromatic carbocycles. The first-order chi connectivity index (χ1) is 10.5. The third-order valence-electron chi connectivity index (χ3n) is 3.66. The van der Waals surface area contributed by atoms with E-state index in [2.05, 4.69) is 5.32 Å². The van der Waals surface area contributed by atoms with Crippen LogP contribution in [0.25, 0.3) is 6.08 Å². The number of nitrogens with one attached hydrogen (secondary N) is 1. The highest BCUT2D eigenvalue weighted by Gasteiger charge is 2.41. The van der Waals surface area contributed by atoms with E-state index in [1.54, 1.807) is 13.0 Å². The summed E-state index contributed by atoms with van der Waals surface area (Å²) in [5.74, 6) is -0.326. The van der Waals surface area contributed by atoms with Gasteiger partial charge in [0.05, 0.1) is 6.10 Å². The minimum Gasteiger partial charge on any atom is -0.388 e. The summed E-state index contributed by atoms with van der Waals surface area (Å²) in [6, 6.07) is 9.38. The lowest BCUT2D eigenvalue weighted by Crippen LogP contribution is -2.59. The molecule has 6 heteroatoms. The van der Waals surface area contributed by atoms with E-state index in [-0.39, 0.29) is 12.5 Å². The fourth-order valence-corrected chi connectivity index (χ4v) is 2.30. The van der Waals surface area contributed by atoms with Crippen LogP contribution >= 0.6 is 0 Å². The standard InChI is InChI=1S/C16H21NO5/c1-10-14(19)16(21)15(20)12(22-10)9-17-13(18)8-7-11-5-3-2-4-6-11/h2-8,10,12,14-16,19-21H,9H2,1H3,(H,17,18). The van der Waals surface area contributed by atoms with Crippen LogP contribution in [0.15, 0.2) is 36.4 Å². The van der Waals surface area contributed by atoms with Crippen molar-refractivity contribution in [1.29, 1.82) is 0 Å². The Hall–Kier alpha value is -1.73. The van der Waals surface area contributed by atoms with Crippen LogP contribution in [0, 0.1) is 0 Å². The lowest BCUT2D eigenvalue weighted by molar-refractivity contribution is -0.215. The average Bonchev–Trinajstić information content (AvgIpc) is 2.54. The summed E-state index contributed by atoms with van der Waals surface area (Å²) in [4.78, 5) is 11.7. The maximum Gasteiger partial charge on any atom is 0.244 e. The minimum absolute atomic E-state index is 0.0489. The normalized spacial score (nSPS) is 32.1. The molecule has 0 spiro atoms. The highest BCUT2D eigenvalue weighted by Crippen LogP contribution is 2.20. The molecule has 22 heavy (non-hydrogen) atoms. The zero-order valence-corrected chi connectivity index (χ0v) is 12.3. The van der Waals surface area contributed by atoms with Crippen LogP contribution in [0.1, 0.15) is 12.5 Å². The molecular formula is C16H21NO5. The summed E-state index contributed by atoms with van der Waals surface area (Å²) in [6.07, 6.45) is -1.98. The second-order valence-electron chi connectivity index (χ2n) is 5.34. The molecule has 120 valence electrons. The summed E-state index contributed by atoms with van der Waals surface area (Å²) in [6.45, 7) is 1.65. The van der Waals surface area contributed by atoms with Gasteiger partial charge in [-0.3, -0.25) is 4.79 Å². The number of hydrogen-bond acceptors (Lipinski definition) is 5. The molecule has 0 bridgehead atoms. The molecule has 0 radical (unpaired) electrons. The van der Waals surface area contributed by atoms with E-state index < -0.39 is 30.5 Å². The Labute approximate surface area is 129 Å². The predicted octanol–water partition coefficient (Wildman–Crippen LogP) is -0.314. The van der Waals surface area contributed by atoms with Gasteiger partial charge >= 0.3 is 0 Å². The van der Waals surface area contributed by atoms with Crippen molar-refractivity contribution in [1.82, 2.24) is 5.32 Å².